The van der Waals surface area contributed by atoms with Gasteiger partial charge >= 0.3 is 0 Å². The summed E-state index contributed by atoms with van der Waals surface area (Å²) in [5.41, 5.74) is 4.07. The molecule has 0 unspecified atom stereocenters. The fourth-order valence-corrected chi connectivity index (χ4v) is 4.45. The van der Waals surface area contributed by atoms with E-state index in [9.17, 15) is 8.42 Å². The average Bonchev–Trinajstić information content (AvgIpc) is 2.63. The molecule has 2 heterocycles. The van der Waals surface area contributed by atoms with Crippen molar-refractivity contribution in [1.82, 2.24) is 4.98 Å². The van der Waals surface area contributed by atoms with Crippen LogP contribution in [0.1, 0.15) is 17.5 Å². The Kier molecular flexibility index (Phi) is 4.37. The summed E-state index contributed by atoms with van der Waals surface area (Å²) in [7, 11) is -3.20. The second kappa shape index (κ2) is 6.56. The van der Waals surface area contributed by atoms with Gasteiger partial charge in [0.15, 0.2) is 9.84 Å². The first-order chi connectivity index (χ1) is 12.4. The second-order valence-corrected chi connectivity index (χ2v) is 9.11. The summed E-state index contributed by atoms with van der Waals surface area (Å²) in [6.45, 7) is 1.56. The molecule has 4 rings (SSSR count). The largest absolute Gasteiger partial charge is 0.367 e. The number of anilines is 1. The summed E-state index contributed by atoms with van der Waals surface area (Å²) in [6.07, 6.45) is 4.90. The molecule has 0 bridgehead atoms. The van der Waals surface area contributed by atoms with Gasteiger partial charge in [0.05, 0.1) is 10.4 Å². The molecule has 1 aromatic heterocycles. The van der Waals surface area contributed by atoms with Gasteiger partial charge in [0.1, 0.15) is 0 Å². The first-order valence-corrected chi connectivity index (χ1v) is 10.8. The zero-order chi connectivity index (χ0) is 18.3. The molecule has 2 aromatic carbocycles. The third kappa shape index (κ3) is 3.17. The lowest BCUT2D eigenvalue weighted by atomic mass is 10.0. The number of pyridine rings is 1. The van der Waals surface area contributed by atoms with E-state index in [1.54, 1.807) is 18.3 Å². The van der Waals surface area contributed by atoms with Crippen molar-refractivity contribution in [2.24, 2.45) is 0 Å². The van der Waals surface area contributed by atoms with Crippen molar-refractivity contribution < 1.29 is 8.42 Å². The van der Waals surface area contributed by atoms with Gasteiger partial charge in [-0.15, -0.1) is 0 Å². The molecule has 0 radical (unpaired) electrons. The van der Waals surface area contributed by atoms with E-state index >= 15 is 0 Å². The molecule has 1 aliphatic heterocycles. The molecule has 0 saturated heterocycles. The topological polar surface area (TPSA) is 50.3 Å². The lowest BCUT2D eigenvalue weighted by Crippen LogP contribution is -2.29. The van der Waals surface area contributed by atoms with Crippen molar-refractivity contribution in [3.63, 3.8) is 0 Å². The van der Waals surface area contributed by atoms with Crippen LogP contribution >= 0.6 is 11.6 Å². The predicted molar refractivity (Wildman–Crippen MR) is 106 cm³/mol. The van der Waals surface area contributed by atoms with Crippen LogP contribution in [0.3, 0.4) is 0 Å². The highest BCUT2D eigenvalue weighted by Gasteiger charge is 2.21. The van der Waals surface area contributed by atoms with E-state index in [2.05, 4.69) is 9.88 Å². The minimum Gasteiger partial charge on any atom is -0.367 e. The smallest absolute Gasteiger partial charge is 0.175 e. The Bertz CT molecular complexity index is 1100. The molecule has 0 fully saturated rings. The van der Waals surface area contributed by atoms with Crippen LogP contribution in [0.25, 0.3) is 10.9 Å². The van der Waals surface area contributed by atoms with Crippen molar-refractivity contribution in [3.8, 4) is 0 Å². The van der Waals surface area contributed by atoms with E-state index in [4.69, 9.17) is 11.6 Å². The maximum atomic E-state index is 11.8. The third-order valence-electron chi connectivity index (χ3n) is 4.87. The Hall–Kier alpha value is -2.11. The van der Waals surface area contributed by atoms with Crippen LogP contribution in [-0.2, 0) is 22.8 Å². The Balaban J connectivity index is 1.75. The van der Waals surface area contributed by atoms with Crippen LogP contribution in [0.5, 0.6) is 0 Å². The molecule has 134 valence electrons. The monoisotopic (exact) mass is 386 g/mol. The van der Waals surface area contributed by atoms with Gasteiger partial charge in [-0.05, 0) is 48.7 Å². The van der Waals surface area contributed by atoms with Gasteiger partial charge in [-0.2, -0.15) is 0 Å². The van der Waals surface area contributed by atoms with Gasteiger partial charge in [-0.1, -0.05) is 23.7 Å². The number of benzene rings is 2. The van der Waals surface area contributed by atoms with Crippen molar-refractivity contribution in [3.05, 3.63) is 64.8 Å². The lowest BCUT2D eigenvalue weighted by Gasteiger charge is -2.32. The van der Waals surface area contributed by atoms with Crippen LogP contribution in [0.15, 0.2) is 53.6 Å². The first-order valence-electron chi connectivity index (χ1n) is 8.53. The molecule has 0 saturated carbocycles. The molecule has 0 spiro atoms. The summed E-state index contributed by atoms with van der Waals surface area (Å²) in [4.78, 5) is 7.16. The zero-order valence-electron chi connectivity index (χ0n) is 14.4. The van der Waals surface area contributed by atoms with Crippen LogP contribution < -0.4 is 4.90 Å². The summed E-state index contributed by atoms with van der Waals surface area (Å²) < 4.78 is 23.7. The maximum Gasteiger partial charge on any atom is 0.175 e. The summed E-state index contributed by atoms with van der Waals surface area (Å²) in [5.74, 6) is 0. The Labute approximate surface area is 158 Å². The number of aromatic nitrogens is 1. The third-order valence-corrected chi connectivity index (χ3v) is 6.33. The summed E-state index contributed by atoms with van der Waals surface area (Å²) in [5, 5.41) is 1.77. The predicted octanol–water partition coefficient (Wildman–Crippen LogP) is 4.24. The highest BCUT2D eigenvalue weighted by molar-refractivity contribution is 7.90. The molecule has 1 aliphatic rings. The fraction of sp³-hybridized carbons (Fsp3) is 0.250. The quantitative estimate of drug-likeness (QED) is 0.675. The van der Waals surface area contributed by atoms with Crippen LogP contribution in [-0.4, -0.2) is 26.2 Å². The van der Waals surface area contributed by atoms with Gasteiger partial charge in [0.2, 0.25) is 0 Å². The highest BCUT2D eigenvalue weighted by Crippen LogP contribution is 2.33. The number of fused-ring (bicyclic) bond motifs is 2. The van der Waals surface area contributed by atoms with Gasteiger partial charge in [-0.3, -0.25) is 4.98 Å². The zero-order valence-corrected chi connectivity index (χ0v) is 16.0. The molecule has 3 aromatic rings. The SMILES string of the molecule is CS(=O)(=O)c1ccc2c(c1)CCCN2Cc1c(Cl)ccc2cccnc12. The molecule has 26 heavy (non-hydrogen) atoms. The van der Waals surface area contributed by atoms with Crippen LogP contribution in [0.4, 0.5) is 5.69 Å². The van der Waals surface area contributed by atoms with E-state index in [-0.39, 0.29) is 0 Å². The maximum absolute atomic E-state index is 11.8. The van der Waals surface area contributed by atoms with Crippen LogP contribution in [0.2, 0.25) is 5.02 Å². The standard InChI is InChI=1S/C20H19ClN2O2S/c1-26(24,25)16-7-9-19-15(12-16)5-3-11-23(19)13-17-18(21)8-6-14-4-2-10-22-20(14)17/h2,4,6-10,12H,3,5,11,13H2,1H3. The fourth-order valence-electron chi connectivity index (χ4n) is 3.57. The Morgan fingerprint density at radius 3 is 2.85 bits per heavy atom. The van der Waals surface area contributed by atoms with E-state index < -0.39 is 9.84 Å². The summed E-state index contributed by atoms with van der Waals surface area (Å²) in [6, 6.07) is 13.3. The number of hydrogen-bond acceptors (Lipinski definition) is 4. The number of nitrogens with zero attached hydrogens (tertiary/aromatic N) is 2. The second-order valence-electron chi connectivity index (χ2n) is 6.69. The number of sulfone groups is 1. The Morgan fingerprint density at radius 2 is 2.04 bits per heavy atom. The van der Waals surface area contributed by atoms with Crippen molar-refractivity contribution in [2.75, 3.05) is 17.7 Å². The van der Waals surface area contributed by atoms with E-state index in [1.165, 1.54) is 6.26 Å². The van der Waals surface area contributed by atoms with Gasteiger partial charge in [-0.25, -0.2) is 8.42 Å². The van der Waals surface area contributed by atoms with Gasteiger partial charge in [0.25, 0.3) is 0 Å². The van der Waals surface area contributed by atoms with Crippen molar-refractivity contribution >= 4 is 38.0 Å². The molecule has 4 nitrogen and oxygen atoms in total. The van der Waals surface area contributed by atoms with Crippen LogP contribution in [0, 0.1) is 0 Å². The normalized spacial score (nSPS) is 14.5. The Morgan fingerprint density at radius 1 is 1.19 bits per heavy atom. The minimum atomic E-state index is -3.20. The number of rotatable bonds is 3. The highest BCUT2D eigenvalue weighted by atomic mass is 35.5. The lowest BCUT2D eigenvalue weighted by molar-refractivity contribution is 0.601. The van der Waals surface area contributed by atoms with E-state index in [0.717, 1.165) is 47.1 Å². The molecule has 0 aliphatic carbocycles. The van der Waals surface area contributed by atoms with E-state index in [0.29, 0.717) is 16.5 Å². The van der Waals surface area contributed by atoms with Crippen molar-refractivity contribution in [1.29, 1.82) is 0 Å². The summed E-state index contributed by atoms with van der Waals surface area (Å²) >= 11 is 6.49. The minimum absolute atomic E-state index is 0.378. The van der Waals surface area contributed by atoms with Gasteiger partial charge < -0.3 is 4.90 Å². The molecule has 0 atom stereocenters. The first kappa shape index (κ1) is 17.3. The van der Waals surface area contributed by atoms with Crippen molar-refractivity contribution in [2.45, 2.75) is 24.3 Å². The van der Waals surface area contributed by atoms with Gasteiger partial charge in [0, 0.05) is 47.2 Å². The number of aryl methyl sites for hydroxylation is 1. The molecular formula is C20H19ClN2O2S. The molecule has 0 amide bonds. The molecule has 0 N–H and O–H groups in total. The number of halogens is 1. The van der Waals surface area contributed by atoms with E-state index in [1.807, 2.05) is 30.3 Å². The molecular weight excluding hydrogens is 368 g/mol. The molecule has 6 heteroatoms. The number of hydrogen-bond donors (Lipinski definition) is 0. The average molecular weight is 387 g/mol.